The Morgan fingerprint density at radius 3 is 2.29 bits per heavy atom. The van der Waals surface area contributed by atoms with Crippen molar-refractivity contribution in [2.45, 2.75) is 89.9 Å². The van der Waals surface area contributed by atoms with Crippen molar-refractivity contribution in [3.05, 3.63) is 0 Å². The van der Waals surface area contributed by atoms with Crippen LogP contribution in [0.4, 0.5) is 4.79 Å². The molecule has 0 bridgehead atoms. The molecule has 0 aliphatic carbocycles. The molecule has 3 heterocycles. The van der Waals surface area contributed by atoms with E-state index in [1.165, 1.54) is 12.8 Å². The van der Waals surface area contributed by atoms with Crippen LogP contribution in [0.2, 0.25) is 0 Å². The SMILES string of the molecule is CC(C)(C)OC[C@@]12CCCN1[C@H](COC(=O)N1CCN(C(C)(C)C)CC1)CC2. The van der Waals surface area contributed by atoms with E-state index in [0.29, 0.717) is 12.6 Å². The Bertz CT molecular complexity index is 546. The molecule has 6 heteroatoms. The standard InChI is InChI=1S/C22H41N3O3/c1-20(2,3)24-14-12-23(13-15-24)19(26)27-16-18-8-10-22(9-7-11-25(18)22)17-28-21(4,5)6/h18H,7-17H2,1-6H3/t18-,22-/m0/s1. The van der Waals surface area contributed by atoms with Gasteiger partial charge in [0.2, 0.25) is 0 Å². The first-order valence-corrected chi connectivity index (χ1v) is 11.1. The van der Waals surface area contributed by atoms with Gasteiger partial charge < -0.3 is 14.4 Å². The lowest BCUT2D eigenvalue weighted by atomic mass is 9.95. The van der Waals surface area contributed by atoms with E-state index in [4.69, 9.17) is 9.47 Å². The van der Waals surface area contributed by atoms with Crippen molar-refractivity contribution in [3.63, 3.8) is 0 Å². The molecule has 162 valence electrons. The normalized spacial score (nSPS) is 29.9. The maximum Gasteiger partial charge on any atom is 0.409 e. The van der Waals surface area contributed by atoms with Crippen LogP contribution in [0.25, 0.3) is 0 Å². The summed E-state index contributed by atoms with van der Waals surface area (Å²) in [6, 6.07) is 0.339. The van der Waals surface area contributed by atoms with Gasteiger partial charge in [0.05, 0.1) is 12.2 Å². The van der Waals surface area contributed by atoms with Crippen LogP contribution < -0.4 is 0 Å². The number of hydrogen-bond donors (Lipinski definition) is 0. The van der Waals surface area contributed by atoms with E-state index in [1.807, 2.05) is 4.90 Å². The Hall–Kier alpha value is -0.850. The zero-order valence-electron chi connectivity index (χ0n) is 18.9. The number of amides is 1. The zero-order chi connectivity index (χ0) is 20.6. The Balaban J connectivity index is 1.47. The summed E-state index contributed by atoms with van der Waals surface area (Å²) in [5, 5.41) is 0. The minimum Gasteiger partial charge on any atom is -0.448 e. The van der Waals surface area contributed by atoms with E-state index in [1.54, 1.807) is 0 Å². The first-order chi connectivity index (χ1) is 13.0. The second-order valence-electron chi connectivity index (χ2n) is 10.8. The van der Waals surface area contributed by atoms with Crippen LogP contribution in [0.3, 0.4) is 0 Å². The third-order valence-electron chi connectivity index (χ3n) is 6.69. The molecule has 28 heavy (non-hydrogen) atoms. The fourth-order valence-electron chi connectivity index (χ4n) is 4.96. The molecular weight excluding hydrogens is 354 g/mol. The van der Waals surface area contributed by atoms with E-state index in [0.717, 1.165) is 52.2 Å². The molecule has 0 aromatic heterocycles. The third kappa shape index (κ3) is 5.00. The van der Waals surface area contributed by atoms with Crippen molar-refractivity contribution in [3.8, 4) is 0 Å². The lowest BCUT2D eigenvalue weighted by molar-refractivity contribution is -0.0596. The number of carbonyl (C=O) groups is 1. The molecule has 0 unspecified atom stereocenters. The fraction of sp³-hybridized carbons (Fsp3) is 0.955. The topological polar surface area (TPSA) is 45.3 Å². The third-order valence-corrected chi connectivity index (χ3v) is 6.69. The summed E-state index contributed by atoms with van der Waals surface area (Å²) < 4.78 is 11.9. The molecular formula is C22H41N3O3. The van der Waals surface area contributed by atoms with Gasteiger partial charge in [-0.15, -0.1) is 0 Å². The highest BCUT2D eigenvalue weighted by Gasteiger charge is 2.50. The van der Waals surface area contributed by atoms with Gasteiger partial charge >= 0.3 is 6.09 Å². The van der Waals surface area contributed by atoms with E-state index in [9.17, 15) is 4.79 Å². The van der Waals surface area contributed by atoms with Crippen LogP contribution in [0.1, 0.15) is 67.2 Å². The molecule has 0 saturated carbocycles. The summed E-state index contributed by atoms with van der Waals surface area (Å²) >= 11 is 0. The monoisotopic (exact) mass is 395 g/mol. The first-order valence-electron chi connectivity index (χ1n) is 11.1. The molecule has 0 aromatic carbocycles. The molecule has 0 aromatic rings. The van der Waals surface area contributed by atoms with Gasteiger partial charge in [0.25, 0.3) is 0 Å². The predicted molar refractivity (Wildman–Crippen MR) is 112 cm³/mol. The molecule has 3 rings (SSSR count). The van der Waals surface area contributed by atoms with Crippen molar-refractivity contribution in [1.82, 2.24) is 14.7 Å². The van der Waals surface area contributed by atoms with Gasteiger partial charge in [-0.2, -0.15) is 0 Å². The van der Waals surface area contributed by atoms with Gasteiger partial charge in [-0.1, -0.05) is 0 Å². The van der Waals surface area contributed by atoms with Crippen LogP contribution in [0.15, 0.2) is 0 Å². The maximum atomic E-state index is 12.6. The largest absolute Gasteiger partial charge is 0.448 e. The number of carbonyl (C=O) groups excluding carboxylic acids is 1. The molecule has 2 atom stereocenters. The van der Waals surface area contributed by atoms with Gasteiger partial charge in [-0.25, -0.2) is 4.79 Å². The molecule has 0 spiro atoms. The summed E-state index contributed by atoms with van der Waals surface area (Å²) in [6.07, 6.45) is 4.51. The van der Waals surface area contributed by atoms with Crippen LogP contribution in [-0.4, -0.2) is 89.5 Å². The molecule has 0 radical (unpaired) electrons. The van der Waals surface area contributed by atoms with Gasteiger partial charge in [-0.3, -0.25) is 9.80 Å². The number of ether oxygens (including phenoxy) is 2. The lowest BCUT2D eigenvalue weighted by Gasteiger charge is -2.42. The van der Waals surface area contributed by atoms with E-state index < -0.39 is 0 Å². The van der Waals surface area contributed by atoms with Gasteiger partial charge in [0, 0.05) is 43.3 Å². The molecule has 3 aliphatic rings. The lowest BCUT2D eigenvalue weighted by Crippen LogP contribution is -2.55. The van der Waals surface area contributed by atoms with Crippen molar-refractivity contribution >= 4 is 6.09 Å². The molecule has 3 aliphatic heterocycles. The highest BCUT2D eigenvalue weighted by atomic mass is 16.6. The van der Waals surface area contributed by atoms with Crippen molar-refractivity contribution in [1.29, 1.82) is 0 Å². The van der Waals surface area contributed by atoms with Crippen LogP contribution in [-0.2, 0) is 9.47 Å². The number of piperazine rings is 1. The highest BCUT2D eigenvalue weighted by Crippen LogP contribution is 2.43. The van der Waals surface area contributed by atoms with Gasteiger partial charge in [0.1, 0.15) is 6.61 Å². The van der Waals surface area contributed by atoms with Crippen molar-refractivity contribution < 1.29 is 14.3 Å². The van der Waals surface area contributed by atoms with Gasteiger partial charge in [-0.05, 0) is 73.8 Å². The molecule has 1 amide bonds. The average Bonchev–Trinajstić information content (AvgIpc) is 3.16. The first kappa shape index (κ1) is 21.8. The number of fused-ring (bicyclic) bond motifs is 1. The van der Waals surface area contributed by atoms with Crippen LogP contribution in [0, 0.1) is 0 Å². The highest BCUT2D eigenvalue weighted by molar-refractivity contribution is 5.67. The molecule has 3 saturated heterocycles. The Kier molecular flexibility index (Phi) is 6.33. The molecule has 3 fully saturated rings. The summed E-state index contributed by atoms with van der Waals surface area (Å²) in [5.74, 6) is 0. The second kappa shape index (κ2) is 8.11. The zero-order valence-corrected chi connectivity index (χ0v) is 18.9. The van der Waals surface area contributed by atoms with Gasteiger partial charge in [0.15, 0.2) is 0 Å². The second-order valence-corrected chi connectivity index (χ2v) is 10.8. The number of nitrogens with zero attached hydrogens (tertiary/aromatic N) is 3. The Morgan fingerprint density at radius 2 is 1.68 bits per heavy atom. The summed E-state index contributed by atoms with van der Waals surface area (Å²) in [7, 11) is 0. The summed E-state index contributed by atoms with van der Waals surface area (Å²) in [4.78, 5) is 19.5. The van der Waals surface area contributed by atoms with E-state index in [-0.39, 0.29) is 22.8 Å². The minimum absolute atomic E-state index is 0.108. The predicted octanol–water partition coefficient (Wildman–Crippen LogP) is 3.35. The summed E-state index contributed by atoms with van der Waals surface area (Å²) in [5.41, 5.74) is 0.208. The van der Waals surface area contributed by atoms with Crippen LogP contribution in [0.5, 0.6) is 0 Å². The fourth-order valence-corrected chi connectivity index (χ4v) is 4.96. The molecule has 6 nitrogen and oxygen atoms in total. The minimum atomic E-state index is -0.142. The quantitative estimate of drug-likeness (QED) is 0.730. The van der Waals surface area contributed by atoms with Crippen LogP contribution >= 0.6 is 0 Å². The molecule has 0 N–H and O–H groups in total. The van der Waals surface area contributed by atoms with E-state index in [2.05, 4.69) is 51.3 Å². The Morgan fingerprint density at radius 1 is 1.00 bits per heavy atom. The summed E-state index contributed by atoms with van der Waals surface area (Å²) in [6.45, 7) is 18.8. The average molecular weight is 396 g/mol. The Labute approximate surface area is 171 Å². The number of hydrogen-bond acceptors (Lipinski definition) is 5. The van der Waals surface area contributed by atoms with Crippen molar-refractivity contribution in [2.24, 2.45) is 0 Å². The smallest absolute Gasteiger partial charge is 0.409 e. The number of rotatable bonds is 4. The maximum absolute atomic E-state index is 12.6. The van der Waals surface area contributed by atoms with Crippen molar-refractivity contribution in [2.75, 3.05) is 45.9 Å². The van der Waals surface area contributed by atoms with E-state index >= 15 is 0 Å².